The SMILES string of the molecule is CCCCCCCCCCN(C[C]=O)C[C]=O. The molecule has 0 rings (SSSR count). The van der Waals surface area contributed by atoms with Gasteiger partial charge in [-0.2, -0.15) is 0 Å². The lowest BCUT2D eigenvalue weighted by molar-refractivity contribution is 0.330. The van der Waals surface area contributed by atoms with Gasteiger partial charge in [0.15, 0.2) is 0 Å². The molecule has 0 fully saturated rings. The van der Waals surface area contributed by atoms with Crippen LogP contribution in [0.25, 0.3) is 0 Å². The van der Waals surface area contributed by atoms with Crippen LogP contribution in [0.5, 0.6) is 0 Å². The normalized spacial score (nSPS) is 10.7. The molecule has 17 heavy (non-hydrogen) atoms. The summed E-state index contributed by atoms with van der Waals surface area (Å²) >= 11 is 0. The summed E-state index contributed by atoms with van der Waals surface area (Å²) in [6.07, 6.45) is 13.8. The Hall–Kier alpha value is -0.700. The van der Waals surface area contributed by atoms with Crippen LogP contribution in [0.15, 0.2) is 0 Å². The Morgan fingerprint density at radius 2 is 1.24 bits per heavy atom. The zero-order valence-electron chi connectivity index (χ0n) is 11.0. The number of nitrogens with zero attached hydrogens (tertiary/aromatic N) is 1. The third-order valence-electron chi connectivity index (χ3n) is 2.90. The Balaban J connectivity index is 3.29. The molecule has 0 aromatic rings. The highest BCUT2D eigenvalue weighted by Crippen LogP contribution is 2.08. The summed E-state index contributed by atoms with van der Waals surface area (Å²) in [6, 6.07) is 0. The summed E-state index contributed by atoms with van der Waals surface area (Å²) in [6.45, 7) is 3.49. The Morgan fingerprint density at radius 1 is 0.765 bits per heavy atom. The minimum Gasteiger partial charge on any atom is -0.289 e. The maximum Gasteiger partial charge on any atom is 0.213 e. The van der Waals surface area contributed by atoms with Gasteiger partial charge in [-0.05, 0) is 13.0 Å². The summed E-state index contributed by atoms with van der Waals surface area (Å²) in [5.41, 5.74) is 0. The van der Waals surface area contributed by atoms with Gasteiger partial charge < -0.3 is 0 Å². The van der Waals surface area contributed by atoms with Crippen LogP contribution in [0.3, 0.4) is 0 Å². The summed E-state index contributed by atoms with van der Waals surface area (Å²) in [5, 5.41) is 0. The lowest BCUT2D eigenvalue weighted by Crippen LogP contribution is -2.28. The third kappa shape index (κ3) is 11.6. The molecule has 0 atom stereocenters. The van der Waals surface area contributed by atoms with Crippen LogP contribution in [0.4, 0.5) is 0 Å². The molecule has 0 aromatic carbocycles. The smallest absolute Gasteiger partial charge is 0.213 e. The monoisotopic (exact) mass is 239 g/mol. The second-order valence-corrected chi connectivity index (χ2v) is 4.47. The average Bonchev–Trinajstić information content (AvgIpc) is 2.33. The van der Waals surface area contributed by atoms with Crippen molar-refractivity contribution < 1.29 is 9.59 Å². The van der Waals surface area contributed by atoms with E-state index in [0.29, 0.717) is 0 Å². The van der Waals surface area contributed by atoms with Crippen molar-refractivity contribution in [3.05, 3.63) is 0 Å². The molecule has 0 N–H and O–H groups in total. The van der Waals surface area contributed by atoms with Crippen molar-refractivity contribution in [1.29, 1.82) is 0 Å². The minimum atomic E-state index is 0.228. The van der Waals surface area contributed by atoms with Gasteiger partial charge in [-0.3, -0.25) is 14.5 Å². The van der Waals surface area contributed by atoms with E-state index in [4.69, 9.17) is 0 Å². The summed E-state index contributed by atoms with van der Waals surface area (Å²) in [7, 11) is 0. The molecule has 0 saturated heterocycles. The first-order valence-corrected chi connectivity index (χ1v) is 6.77. The minimum absolute atomic E-state index is 0.228. The van der Waals surface area contributed by atoms with E-state index >= 15 is 0 Å². The topological polar surface area (TPSA) is 37.4 Å². The maximum atomic E-state index is 10.2. The van der Waals surface area contributed by atoms with E-state index in [0.717, 1.165) is 13.0 Å². The zero-order valence-corrected chi connectivity index (χ0v) is 11.0. The Bertz CT molecular complexity index is 173. The van der Waals surface area contributed by atoms with Crippen molar-refractivity contribution in [3.8, 4) is 0 Å². The molecule has 2 radical (unpaired) electrons. The van der Waals surface area contributed by atoms with E-state index < -0.39 is 0 Å². The van der Waals surface area contributed by atoms with Gasteiger partial charge in [0, 0.05) is 0 Å². The average molecular weight is 239 g/mol. The van der Waals surface area contributed by atoms with Gasteiger partial charge in [-0.25, -0.2) is 0 Å². The lowest BCUT2D eigenvalue weighted by Gasteiger charge is -2.15. The van der Waals surface area contributed by atoms with E-state index in [-0.39, 0.29) is 13.1 Å². The fraction of sp³-hybridized carbons (Fsp3) is 0.857. The molecule has 98 valence electrons. The van der Waals surface area contributed by atoms with Gasteiger partial charge in [0.1, 0.15) is 0 Å². The summed E-state index contributed by atoms with van der Waals surface area (Å²) in [5.74, 6) is 0. The van der Waals surface area contributed by atoms with Crippen molar-refractivity contribution in [1.82, 2.24) is 4.90 Å². The molecule has 0 aliphatic carbocycles. The molecule has 0 saturated carbocycles. The molecule has 0 spiro atoms. The van der Waals surface area contributed by atoms with E-state index in [1.807, 2.05) is 12.6 Å². The van der Waals surface area contributed by atoms with Crippen LogP contribution < -0.4 is 0 Å². The molecule has 0 aliphatic rings. The predicted octanol–water partition coefficient (Wildman–Crippen LogP) is 2.65. The van der Waals surface area contributed by atoms with E-state index in [1.54, 1.807) is 4.90 Å². The predicted molar refractivity (Wildman–Crippen MR) is 70.4 cm³/mol. The number of rotatable bonds is 13. The van der Waals surface area contributed by atoms with Crippen LogP contribution >= 0.6 is 0 Å². The van der Waals surface area contributed by atoms with E-state index in [2.05, 4.69) is 6.92 Å². The van der Waals surface area contributed by atoms with Crippen molar-refractivity contribution >= 4 is 12.6 Å². The Morgan fingerprint density at radius 3 is 1.71 bits per heavy atom. The van der Waals surface area contributed by atoms with Crippen LogP contribution in [0, 0.1) is 0 Å². The fourth-order valence-corrected chi connectivity index (χ4v) is 1.87. The van der Waals surface area contributed by atoms with Gasteiger partial charge in [-0.15, -0.1) is 0 Å². The molecular formula is C14H25NO2. The first-order chi connectivity index (χ1) is 8.35. The van der Waals surface area contributed by atoms with Gasteiger partial charge in [0.2, 0.25) is 12.6 Å². The molecule has 0 heterocycles. The van der Waals surface area contributed by atoms with Crippen molar-refractivity contribution in [2.24, 2.45) is 0 Å². The largest absolute Gasteiger partial charge is 0.289 e. The highest BCUT2D eigenvalue weighted by molar-refractivity contribution is 5.57. The van der Waals surface area contributed by atoms with Gasteiger partial charge in [0.05, 0.1) is 13.1 Å². The molecule has 0 aliphatic heterocycles. The third-order valence-corrected chi connectivity index (χ3v) is 2.90. The Kier molecular flexibility index (Phi) is 12.8. The standard InChI is InChI=1S/C14H25NO2/c1-2-3-4-5-6-7-8-9-10-15(11-13-16)12-14-17/h2-12H2,1H3. The van der Waals surface area contributed by atoms with Crippen molar-refractivity contribution in [2.75, 3.05) is 19.6 Å². The van der Waals surface area contributed by atoms with Crippen molar-refractivity contribution in [2.45, 2.75) is 58.3 Å². The van der Waals surface area contributed by atoms with Crippen LogP contribution in [-0.4, -0.2) is 37.1 Å². The summed E-state index contributed by atoms with van der Waals surface area (Å²) < 4.78 is 0. The van der Waals surface area contributed by atoms with Crippen molar-refractivity contribution in [3.63, 3.8) is 0 Å². The second-order valence-electron chi connectivity index (χ2n) is 4.47. The van der Waals surface area contributed by atoms with Crippen LogP contribution in [0.2, 0.25) is 0 Å². The van der Waals surface area contributed by atoms with E-state index in [1.165, 1.54) is 44.9 Å². The molecule has 0 bridgehead atoms. The molecule has 0 aromatic heterocycles. The molecule has 3 nitrogen and oxygen atoms in total. The fourth-order valence-electron chi connectivity index (χ4n) is 1.87. The van der Waals surface area contributed by atoms with E-state index in [9.17, 15) is 9.59 Å². The number of carbonyl (C=O) groups excluding carboxylic acids is 2. The number of hydrogen-bond acceptors (Lipinski definition) is 3. The van der Waals surface area contributed by atoms with Gasteiger partial charge in [-0.1, -0.05) is 51.9 Å². The lowest BCUT2D eigenvalue weighted by atomic mass is 10.1. The Labute approximate surface area is 106 Å². The number of unbranched alkanes of at least 4 members (excludes halogenated alkanes) is 7. The molecular weight excluding hydrogens is 214 g/mol. The second kappa shape index (κ2) is 13.4. The van der Waals surface area contributed by atoms with Gasteiger partial charge in [0.25, 0.3) is 0 Å². The van der Waals surface area contributed by atoms with Gasteiger partial charge >= 0.3 is 0 Å². The molecule has 3 heteroatoms. The molecule has 0 amide bonds. The summed E-state index contributed by atoms with van der Waals surface area (Å²) in [4.78, 5) is 22.2. The quantitative estimate of drug-likeness (QED) is 0.464. The maximum absolute atomic E-state index is 10.2. The van der Waals surface area contributed by atoms with Crippen LogP contribution in [-0.2, 0) is 9.59 Å². The highest BCUT2D eigenvalue weighted by atomic mass is 16.1. The van der Waals surface area contributed by atoms with Crippen LogP contribution in [0.1, 0.15) is 58.3 Å². The first-order valence-electron chi connectivity index (χ1n) is 6.77. The number of hydrogen-bond donors (Lipinski definition) is 0. The first kappa shape index (κ1) is 16.3. The molecule has 0 unspecified atom stereocenters. The zero-order chi connectivity index (χ0) is 12.8. The highest BCUT2D eigenvalue weighted by Gasteiger charge is 2.03.